The topological polar surface area (TPSA) is 68.2 Å². The molecule has 1 saturated heterocycles. The minimum absolute atomic E-state index is 0.0858. The molecule has 2 aromatic rings. The second-order valence-corrected chi connectivity index (χ2v) is 6.48. The summed E-state index contributed by atoms with van der Waals surface area (Å²) in [5.74, 6) is 1.01. The minimum Gasteiger partial charge on any atom is -0.376 e. The number of hydrogen-bond acceptors (Lipinski definition) is 3. The van der Waals surface area contributed by atoms with Crippen molar-refractivity contribution in [2.75, 3.05) is 13.2 Å². The summed E-state index contributed by atoms with van der Waals surface area (Å²) in [7, 11) is 0. The van der Waals surface area contributed by atoms with Crippen molar-refractivity contribution < 1.29 is 9.53 Å². The van der Waals surface area contributed by atoms with Crippen LogP contribution in [-0.4, -0.2) is 40.9 Å². The molecule has 6 nitrogen and oxygen atoms in total. The zero-order valence-corrected chi connectivity index (χ0v) is 15.1. The fraction of sp³-hybridized carbons (Fsp3) is 0.579. The third-order valence-corrected chi connectivity index (χ3v) is 4.85. The first kappa shape index (κ1) is 17.7. The third kappa shape index (κ3) is 4.12. The Labute approximate surface area is 149 Å². The fourth-order valence-corrected chi connectivity index (χ4v) is 3.55. The second-order valence-electron chi connectivity index (χ2n) is 6.48. The minimum atomic E-state index is -0.124. The zero-order valence-electron chi connectivity index (χ0n) is 15.1. The molecule has 2 N–H and O–H groups in total. The molecule has 25 heavy (non-hydrogen) atoms. The SMILES string of the molecule is CC[C@H](NC(=O)NCCc1nc2ccccc2n1CC)[C@@H]1CCCO1. The Balaban J connectivity index is 1.53. The molecule has 0 saturated carbocycles. The number of carbonyl (C=O) groups excluding carboxylic acids is 1. The van der Waals surface area contributed by atoms with E-state index in [-0.39, 0.29) is 18.2 Å². The average Bonchev–Trinajstić information content (AvgIpc) is 3.27. The molecule has 0 aliphatic carbocycles. The van der Waals surface area contributed by atoms with Crippen LogP contribution >= 0.6 is 0 Å². The van der Waals surface area contributed by atoms with Gasteiger partial charge in [0.2, 0.25) is 0 Å². The number of aryl methyl sites for hydroxylation is 1. The molecule has 1 aliphatic rings. The molecule has 0 radical (unpaired) electrons. The van der Waals surface area contributed by atoms with Gasteiger partial charge in [-0.15, -0.1) is 0 Å². The number of carbonyl (C=O) groups is 1. The maximum absolute atomic E-state index is 12.2. The maximum atomic E-state index is 12.2. The molecular formula is C19H28N4O2. The molecule has 3 rings (SSSR count). The average molecular weight is 344 g/mol. The van der Waals surface area contributed by atoms with E-state index in [2.05, 4.69) is 35.1 Å². The monoisotopic (exact) mass is 344 g/mol. The molecular weight excluding hydrogens is 316 g/mol. The first-order valence-electron chi connectivity index (χ1n) is 9.33. The molecule has 1 aromatic heterocycles. The van der Waals surface area contributed by atoms with Crippen molar-refractivity contribution in [3.8, 4) is 0 Å². The number of rotatable bonds is 7. The number of nitrogens with zero attached hydrogens (tertiary/aromatic N) is 2. The predicted octanol–water partition coefficient (Wildman–Crippen LogP) is 2.86. The summed E-state index contributed by atoms with van der Waals surface area (Å²) in [6.07, 6.45) is 3.85. The van der Waals surface area contributed by atoms with Gasteiger partial charge in [0.05, 0.1) is 23.2 Å². The van der Waals surface area contributed by atoms with Crippen LogP contribution in [0.15, 0.2) is 24.3 Å². The number of aromatic nitrogens is 2. The van der Waals surface area contributed by atoms with Crippen LogP contribution in [0.1, 0.15) is 38.9 Å². The van der Waals surface area contributed by atoms with E-state index in [4.69, 9.17) is 9.72 Å². The van der Waals surface area contributed by atoms with Gasteiger partial charge in [-0.05, 0) is 38.3 Å². The van der Waals surface area contributed by atoms with E-state index in [0.29, 0.717) is 13.0 Å². The molecule has 1 aromatic carbocycles. The number of hydrogen-bond donors (Lipinski definition) is 2. The van der Waals surface area contributed by atoms with Crippen LogP contribution in [0, 0.1) is 0 Å². The Morgan fingerprint density at radius 1 is 1.40 bits per heavy atom. The quantitative estimate of drug-likeness (QED) is 0.811. The zero-order chi connectivity index (χ0) is 17.6. The molecule has 6 heteroatoms. The molecule has 2 atom stereocenters. The smallest absolute Gasteiger partial charge is 0.315 e. The number of amides is 2. The van der Waals surface area contributed by atoms with Gasteiger partial charge in [0.25, 0.3) is 0 Å². The Hall–Kier alpha value is -2.08. The van der Waals surface area contributed by atoms with E-state index in [1.807, 2.05) is 18.2 Å². The van der Waals surface area contributed by atoms with E-state index in [1.165, 1.54) is 0 Å². The van der Waals surface area contributed by atoms with E-state index in [1.54, 1.807) is 0 Å². The number of urea groups is 1. The van der Waals surface area contributed by atoms with Crippen molar-refractivity contribution in [3.63, 3.8) is 0 Å². The van der Waals surface area contributed by atoms with Gasteiger partial charge < -0.3 is 19.9 Å². The highest BCUT2D eigenvalue weighted by molar-refractivity contribution is 5.76. The summed E-state index contributed by atoms with van der Waals surface area (Å²) in [5.41, 5.74) is 2.15. The highest BCUT2D eigenvalue weighted by Gasteiger charge is 2.25. The number of para-hydroxylation sites is 2. The highest BCUT2D eigenvalue weighted by Crippen LogP contribution is 2.18. The van der Waals surface area contributed by atoms with Crippen molar-refractivity contribution in [3.05, 3.63) is 30.1 Å². The van der Waals surface area contributed by atoms with Crippen molar-refractivity contribution in [2.24, 2.45) is 0 Å². The van der Waals surface area contributed by atoms with Gasteiger partial charge in [-0.3, -0.25) is 0 Å². The molecule has 1 fully saturated rings. The van der Waals surface area contributed by atoms with Gasteiger partial charge in [0.15, 0.2) is 0 Å². The molecule has 0 spiro atoms. The van der Waals surface area contributed by atoms with Crippen molar-refractivity contribution >= 4 is 17.1 Å². The van der Waals surface area contributed by atoms with Crippen LogP contribution in [0.3, 0.4) is 0 Å². The standard InChI is InChI=1S/C19H28N4O2/c1-3-14(17-10-7-13-25-17)22-19(24)20-12-11-18-21-15-8-5-6-9-16(15)23(18)4-2/h5-6,8-9,14,17H,3-4,7,10-13H2,1-2H3,(H2,20,22,24)/t14-,17-/m0/s1. The first-order valence-corrected chi connectivity index (χ1v) is 9.33. The number of nitrogens with one attached hydrogen (secondary N) is 2. The lowest BCUT2D eigenvalue weighted by atomic mass is 10.1. The van der Waals surface area contributed by atoms with E-state index < -0.39 is 0 Å². The van der Waals surface area contributed by atoms with Crippen LogP contribution in [-0.2, 0) is 17.7 Å². The van der Waals surface area contributed by atoms with Gasteiger partial charge in [0.1, 0.15) is 5.82 Å². The normalized spacial score (nSPS) is 18.4. The summed E-state index contributed by atoms with van der Waals surface area (Å²) in [5, 5.41) is 6.00. The summed E-state index contributed by atoms with van der Waals surface area (Å²) in [6, 6.07) is 8.11. The lowest BCUT2D eigenvalue weighted by Crippen LogP contribution is -2.47. The maximum Gasteiger partial charge on any atom is 0.315 e. The number of benzene rings is 1. The molecule has 1 aliphatic heterocycles. The lowest BCUT2D eigenvalue weighted by Gasteiger charge is -2.23. The van der Waals surface area contributed by atoms with E-state index in [0.717, 1.165) is 49.3 Å². The molecule has 136 valence electrons. The Morgan fingerprint density at radius 2 is 2.24 bits per heavy atom. The van der Waals surface area contributed by atoms with E-state index >= 15 is 0 Å². The Morgan fingerprint density at radius 3 is 2.96 bits per heavy atom. The van der Waals surface area contributed by atoms with Gasteiger partial charge in [0, 0.05) is 26.1 Å². The number of fused-ring (bicyclic) bond motifs is 1. The summed E-state index contributed by atoms with van der Waals surface area (Å²) >= 11 is 0. The molecule has 0 bridgehead atoms. The van der Waals surface area contributed by atoms with Gasteiger partial charge in [-0.2, -0.15) is 0 Å². The summed E-state index contributed by atoms with van der Waals surface area (Å²) < 4.78 is 7.89. The first-order chi connectivity index (χ1) is 12.2. The number of ether oxygens (including phenoxy) is 1. The number of imidazole rings is 1. The van der Waals surface area contributed by atoms with Crippen LogP contribution in [0.4, 0.5) is 4.79 Å². The van der Waals surface area contributed by atoms with Crippen molar-refractivity contribution in [1.29, 1.82) is 0 Å². The fourth-order valence-electron chi connectivity index (χ4n) is 3.55. The van der Waals surface area contributed by atoms with Crippen molar-refractivity contribution in [1.82, 2.24) is 20.2 Å². The Bertz CT molecular complexity index is 707. The van der Waals surface area contributed by atoms with Crippen LogP contribution in [0.25, 0.3) is 11.0 Å². The summed E-state index contributed by atoms with van der Waals surface area (Å²) in [4.78, 5) is 16.9. The van der Waals surface area contributed by atoms with Crippen LogP contribution in [0.5, 0.6) is 0 Å². The highest BCUT2D eigenvalue weighted by atomic mass is 16.5. The molecule has 2 amide bonds. The van der Waals surface area contributed by atoms with Crippen LogP contribution < -0.4 is 10.6 Å². The molecule has 2 heterocycles. The lowest BCUT2D eigenvalue weighted by molar-refractivity contribution is 0.0797. The second kappa shape index (κ2) is 8.34. The predicted molar refractivity (Wildman–Crippen MR) is 98.7 cm³/mol. The summed E-state index contributed by atoms with van der Waals surface area (Å²) in [6.45, 7) is 6.44. The van der Waals surface area contributed by atoms with E-state index in [9.17, 15) is 4.79 Å². The van der Waals surface area contributed by atoms with Crippen molar-refractivity contribution in [2.45, 2.75) is 58.2 Å². The molecule has 0 unspecified atom stereocenters. The van der Waals surface area contributed by atoms with Gasteiger partial charge in [-0.25, -0.2) is 9.78 Å². The largest absolute Gasteiger partial charge is 0.376 e. The van der Waals surface area contributed by atoms with Crippen LogP contribution in [0.2, 0.25) is 0 Å². The Kier molecular flexibility index (Phi) is 5.91. The van der Waals surface area contributed by atoms with Gasteiger partial charge in [-0.1, -0.05) is 19.1 Å². The van der Waals surface area contributed by atoms with Gasteiger partial charge >= 0.3 is 6.03 Å². The third-order valence-electron chi connectivity index (χ3n) is 4.85.